The molecule has 1 heterocycles. The monoisotopic (exact) mass is 369 g/mol. The van der Waals surface area contributed by atoms with Gasteiger partial charge in [-0.15, -0.1) is 0 Å². The standard InChI is InChI=1S/C24H19NO3/c1-17(26)21-22(23(27)18-11-5-2-6-12-18)25(20-15-9-4-10-16-20)28-24(21)19-13-7-3-8-14-19/h2-16,22H,1H3. The molecule has 138 valence electrons. The van der Waals surface area contributed by atoms with E-state index in [0.29, 0.717) is 22.6 Å². The fraction of sp³-hybridized carbons (Fsp3) is 0.0833. The predicted molar refractivity (Wildman–Crippen MR) is 109 cm³/mol. The third-order valence-electron chi connectivity index (χ3n) is 4.67. The van der Waals surface area contributed by atoms with Crippen LogP contribution < -0.4 is 5.06 Å². The Bertz CT molecular complexity index is 1030. The van der Waals surface area contributed by atoms with Gasteiger partial charge < -0.3 is 4.84 Å². The van der Waals surface area contributed by atoms with Crippen molar-refractivity contribution in [3.63, 3.8) is 0 Å². The molecule has 3 aromatic carbocycles. The van der Waals surface area contributed by atoms with E-state index in [2.05, 4.69) is 0 Å². The van der Waals surface area contributed by atoms with Crippen LogP contribution in [0.1, 0.15) is 22.8 Å². The van der Waals surface area contributed by atoms with Crippen LogP contribution in [0.5, 0.6) is 0 Å². The highest BCUT2D eigenvalue weighted by atomic mass is 16.7. The molecule has 1 atom stereocenters. The molecule has 0 saturated heterocycles. The number of ketones is 2. The van der Waals surface area contributed by atoms with Crippen LogP contribution in [0.2, 0.25) is 0 Å². The van der Waals surface area contributed by atoms with Crippen molar-refractivity contribution < 1.29 is 14.4 Å². The lowest BCUT2D eigenvalue weighted by Gasteiger charge is -2.25. The summed E-state index contributed by atoms with van der Waals surface area (Å²) in [6.45, 7) is 1.47. The Labute approximate surface area is 163 Å². The third kappa shape index (κ3) is 3.21. The second-order valence-corrected chi connectivity index (χ2v) is 6.55. The molecule has 4 nitrogen and oxygen atoms in total. The Morgan fingerprint density at radius 3 is 1.89 bits per heavy atom. The largest absolute Gasteiger partial charge is 0.377 e. The number of nitrogens with zero attached hydrogens (tertiary/aromatic N) is 1. The van der Waals surface area contributed by atoms with Gasteiger partial charge in [0.05, 0.1) is 11.3 Å². The summed E-state index contributed by atoms with van der Waals surface area (Å²) < 4.78 is 0. The van der Waals surface area contributed by atoms with Crippen molar-refractivity contribution in [2.24, 2.45) is 0 Å². The van der Waals surface area contributed by atoms with Gasteiger partial charge in [0.1, 0.15) is 0 Å². The van der Waals surface area contributed by atoms with Crippen LogP contribution in [0.25, 0.3) is 5.76 Å². The minimum Gasteiger partial charge on any atom is -0.377 e. The zero-order valence-corrected chi connectivity index (χ0v) is 15.4. The second-order valence-electron chi connectivity index (χ2n) is 6.55. The van der Waals surface area contributed by atoms with Crippen LogP contribution in [-0.4, -0.2) is 17.6 Å². The SMILES string of the molecule is CC(=O)C1=C(c2ccccc2)ON(c2ccccc2)C1C(=O)c1ccccc1. The normalized spacial score (nSPS) is 16.0. The van der Waals surface area contributed by atoms with E-state index in [1.807, 2.05) is 78.9 Å². The van der Waals surface area contributed by atoms with Crippen LogP contribution in [0.3, 0.4) is 0 Å². The molecule has 0 amide bonds. The van der Waals surface area contributed by atoms with Gasteiger partial charge in [0.2, 0.25) is 0 Å². The van der Waals surface area contributed by atoms with Crippen LogP contribution in [0, 0.1) is 0 Å². The molecule has 0 radical (unpaired) electrons. The quantitative estimate of drug-likeness (QED) is 0.612. The molecule has 1 unspecified atom stereocenters. The maximum atomic E-state index is 13.4. The van der Waals surface area contributed by atoms with Gasteiger partial charge in [0, 0.05) is 11.1 Å². The van der Waals surface area contributed by atoms with E-state index in [-0.39, 0.29) is 11.6 Å². The second kappa shape index (κ2) is 7.53. The zero-order valence-electron chi connectivity index (χ0n) is 15.4. The number of carbonyl (C=O) groups excluding carboxylic acids is 2. The Balaban J connectivity index is 1.88. The molecule has 0 spiro atoms. The van der Waals surface area contributed by atoms with Gasteiger partial charge in [-0.1, -0.05) is 78.9 Å². The fourth-order valence-electron chi connectivity index (χ4n) is 3.37. The van der Waals surface area contributed by atoms with Crippen LogP contribution in [-0.2, 0) is 9.63 Å². The van der Waals surface area contributed by atoms with Crippen molar-refractivity contribution in [3.05, 3.63) is 108 Å². The van der Waals surface area contributed by atoms with Gasteiger partial charge in [0.15, 0.2) is 23.4 Å². The van der Waals surface area contributed by atoms with Crippen molar-refractivity contribution in [2.75, 3.05) is 5.06 Å². The molecular weight excluding hydrogens is 350 g/mol. The molecule has 0 aliphatic carbocycles. The molecule has 28 heavy (non-hydrogen) atoms. The van der Waals surface area contributed by atoms with E-state index in [0.717, 1.165) is 5.56 Å². The van der Waals surface area contributed by atoms with E-state index < -0.39 is 6.04 Å². The average Bonchev–Trinajstić information content (AvgIpc) is 3.16. The van der Waals surface area contributed by atoms with Crippen molar-refractivity contribution >= 4 is 23.0 Å². The topological polar surface area (TPSA) is 46.6 Å². The molecule has 0 N–H and O–H groups in total. The van der Waals surface area contributed by atoms with Crippen molar-refractivity contribution in [3.8, 4) is 0 Å². The maximum absolute atomic E-state index is 13.4. The number of carbonyl (C=O) groups is 2. The molecule has 0 bridgehead atoms. The van der Waals surface area contributed by atoms with Crippen molar-refractivity contribution in [1.29, 1.82) is 0 Å². The fourth-order valence-corrected chi connectivity index (χ4v) is 3.37. The molecule has 4 heteroatoms. The average molecular weight is 369 g/mol. The maximum Gasteiger partial charge on any atom is 0.193 e. The summed E-state index contributed by atoms with van der Waals surface area (Å²) in [5.74, 6) is 0.0541. The van der Waals surface area contributed by atoms with Crippen molar-refractivity contribution in [2.45, 2.75) is 13.0 Å². The number of hydrogen-bond donors (Lipinski definition) is 0. The smallest absolute Gasteiger partial charge is 0.193 e. The molecule has 0 saturated carbocycles. The first-order valence-corrected chi connectivity index (χ1v) is 9.09. The summed E-state index contributed by atoms with van der Waals surface area (Å²) in [5.41, 5.74) is 2.37. The van der Waals surface area contributed by atoms with E-state index in [4.69, 9.17) is 4.84 Å². The first kappa shape index (κ1) is 17.7. The molecule has 3 aromatic rings. The summed E-state index contributed by atoms with van der Waals surface area (Å²) in [6.07, 6.45) is 0. The number of rotatable bonds is 5. The van der Waals surface area contributed by atoms with Gasteiger partial charge in [-0.3, -0.25) is 9.59 Å². The zero-order chi connectivity index (χ0) is 19.5. The summed E-state index contributed by atoms with van der Waals surface area (Å²) in [6, 6.07) is 26.9. The van der Waals surface area contributed by atoms with E-state index in [1.54, 1.807) is 12.1 Å². The Morgan fingerprint density at radius 1 is 0.786 bits per heavy atom. The highest BCUT2D eigenvalue weighted by Crippen LogP contribution is 2.38. The van der Waals surface area contributed by atoms with Gasteiger partial charge in [-0.25, -0.2) is 0 Å². The highest BCUT2D eigenvalue weighted by molar-refractivity contribution is 6.15. The van der Waals surface area contributed by atoms with Gasteiger partial charge in [-0.2, -0.15) is 5.06 Å². The summed E-state index contributed by atoms with van der Waals surface area (Å²) >= 11 is 0. The minimum atomic E-state index is -0.850. The van der Waals surface area contributed by atoms with E-state index in [9.17, 15) is 9.59 Å². The minimum absolute atomic E-state index is 0.180. The van der Waals surface area contributed by atoms with Crippen LogP contribution in [0.15, 0.2) is 96.6 Å². The van der Waals surface area contributed by atoms with Crippen LogP contribution >= 0.6 is 0 Å². The first-order valence-electron chi connectivity index (χ1n) is 9.09. The Kier molecular flexibility index (Phi) is 4.77. The van der Waals surface area contributed by atoms with E-state index in [1.165, 1.54) is 12.0 Å². The Morgan fingerprint density at radius 2 is 1.32 bits per heavy atom. The van der Waals surface area contributed by atoms with Crippen molar-refractivity contribution in [1.82, 2.24) is 0 Å². The summed E-state index contributed by atoms with van der Waals surface area (Å²) in [4.78, 5) is 32.2. The first-order chi connectivity index (χ1) is 13.7. The molecule has 4 rings (SSSR count). The number of benzene rings is 3. The number of Topliss-reactive ketones (excluding diaryl/α,β-unsaturated/α-hetero) is 2. The molecule has 0 aromatic heterocycles. The number of hydrogen-bond acceptors (Lipinski definition) is 4. The van der Waals surface area contributed by atoms with Gasteiger partial charge in [0.25, 0.3) is 0 Å². The van der Waals surface area contributed by atoms with Gasteiger partial charge in [-0.05, 0) is 19.1 Å². The van der Waals surface area contributed by atoms with Gasteiger partial charge >= 0.3 is 0 Å². The van der Waals surface area contributed by atoms with Crippen LogP contribution in [0.4, 0.5) is 5.69 Å². The lowest BCUT2D eigenvalue weighted by Crippen LogP contribution is -2.39. The summed E-state index contributed by atoms with van der Waals surface area (Å²) in [5, 5.41) is 1.54. The third-order valence-corrected chi connectivity index (χ3v) is 4.67. The molecule has 1 aliphatic heterocycles. The number of para-hydroxylation sites is 1. The lowest BCUT2D eigenvalue weighted by molar-refractivity contribution is -0.113. The molecule has 1 aliphatic rings. The molecule has 0 fully saturated rings. The summed E-state index contributed by atoms with van der Waals surface area (Å²) in [7, 11) is 0. The van der Waals surface area contributed by atoms with E-state index >= 15 is 0 Å². The highest BCUT2D eigenvalue weighted by Gasteiger charge is 2.43. The predicted octanol–water partition coefficient (Wildman–Crippen LogP) is 4.69. The number of hydroxylamine groups is 1. The Hall–Kier alpha value is -3.66. The lowest BCUT2D eigenvalue weighted by atomic mass is 9.92. The molecular formula is C24H19NO3. The number of anilines is 1.